The molecule has 6 heteroatoms. The number of aromatic nitrogens is 2. The highest BCUT2D eigenvalue weighted by Gasteiger charge is 2.20. The number of carbonyl (C=O) groups excluding carboxylic acids is 1. The second-order valence-electron chi connectivity index (χ2n) is 3.79. The van der Waals surface area contributed by atoms with Gasteiger partial charge in [0.1, 0.15) is 10.8 Å². The zero-order chi connectivity index (χ0) is 12.3. The van der Waals surface area contributed by atoms with Crippen molar-refractivity contribution in [1.29, 1.82) is 0 Å². The zero-order valence-electron chi connectivity index (χ0n) is 9.95. The van der Waals surface area contributed by atoms with Gasteiger partial charge in [-0.15, -0.1) is 10.2 Å². The predicted octanol–water partition coefficient (Wildman–Crippen LogP) is 2.26. The molecule has 1 N–H and O–H groups in total. The molecule has 1 aliphatic rings. The molecule has 0 atom stereocenters. The van der Waals surface area contributed by atoms with Crippen LogP contribution in [0.2, 0.25) is 0 Å². The SMILES string of the molecule is CCC1=C(C(=O)Nc2nnc(C)s2)CCCO1. The number of amides is 1. The van der Waals surface area contributed by atoms with Gasteiger partial charge in [0, 0.05) is 6.42 Å². The van der Waals surface area contributed by atoms with Crippen molar-refractivity contribution in [3.8, 4) is 0 Å². The minimum Gasteiger partial charge on any atom is -0.497 e. The second kappa shape index (κ2) is 5.27. The number of nitrogens with one attached hydrogen (secondary N) is 1. The molecule has 0 radical (unpaired) electrons. The maximum absolute atomic E-state index is 12.0. The normalized spacial score (nSPS) is 15.6. The number of hydrogen-bond donors (Lipinski definition) is 1. The summed E-state index contributed by atoms with van der Waals surface area (Å²) in [6.45, 7) is 4.55. The first kappa shape index (κ1) is 12.0. The lowest BCUT2D eigenvalue weighted by Gasteiger charge is -2.19. The van der Waals surface area contributed by atoms with Crippen molar-refractivity contribution in [2.75, 3.05) is 11.9 Å². The molecule has 0 aromatic carbocycles. The monoisotopic (exact) mass is 253 g/mol. The van der Waals surface area contributed by atoms with Gasteiger partial charge in [0.15, 0.2) is 0 Å². The van der Waals surface area contributed by atoms with Gasteiger partial charge in [0.05, 0.1) is 12.2 Å². The largest absolute Gasteiger partial charge is 0.497 e. The van der Waals surface area contributed by atoms with Crippen molar-refractivity contribution >= 4 is 22.4 Å². The molecule has 2 rings (SSSR count). The maximum Gasteiger partial charge on any atom is 0.256 e. The van der Waals surface area contributed by atoms with Crippen molar-refractivity contribution < 1.29 is 9.53 Å². The molecule has 1 aromatic rings. The molecule has 1 aromatic heterocycles. The van der Waals surface area contributed by atoms with E-state index in [0.717, 1.165) is 35.6 Å². The van der Waals surface area contributed by atoms with E-state index in [1.807, 2.05) is 13.8 Å². The Bertz CT molecular complexity index is 453. The number of anilines is 1. The van der Waals surface area contributed by atoms with Crippen LogP contribution in [0.5, 0.6) is 0 Å². The first-order chi connectivity index (χ1) is 8.20. The van der Waals surface area contributed by atoms with Crippen LogP contribution in [0.4, 0.5) is 5.13 Å². The van der Waals surface area contributed by atoms with E-state index in [4.69, 9.17) is 4.74 Å². The van der Waals surface area contributed by atoms with Crippen molar-refractivity contribution in [2.24, 2.45) is 0 Å². The summed E-state index contributed by atoms with van der Waals surface area (Å²) in [5.41, 5.74) is 0.742. The van der Waals surface area contributed by atoms with Crippen molar-refractivity contribution in [2.45, 2.75) is 33.1 Å². The molecule has 0 saturated heterocycles. The molecule has 0 unspecified atom stereocenters. The zero-order valence-corrected chi connectivity index (χ0v) is 10.8. The van der Waals surface area contributed by atoms with Gasteiger partial charge < -0.3 is 4.74 Å². The Kier molecular flexibility index (Phi) is 3.73. The summed E-state index contributed by atoms with van der Waals surface area (Å²) in [6.07, 6.45) is 2.41. The molecule has 5 nitrogen and oxygen atoms in total. The number of aryl methyl sites for hydroxylation is 1. The summed E-state index contributed by atoms with van der Waals surface area (Å²) in [4.78, 5) is 12.0. The molecule has 0 spiro atoms. The third-order valence-corrected chi connectivity index (χ3v) is 3.28. The van der Waals surface area contributed by atoms with Crippen LogP contribution < -0.4 is 5.32 Å². The van der Waals surface area contributed by atoms with Gasteiger partial charge in [0.25, 0.3) is 5.91 Å². The van der Waals surface area contributed by atoms with Crippen LogP contribution in [0.25, 0.3) is 0 Å². The highest BCUT2D eigenvalue weighted by atomic mass is 32.1. The minimum absolute atomic E-state index is 0.113. The van der Waals surface area contributed by atoms with Gasteiger partial charge in [-0.25, -0.2) is 0 Å². The first-order valence-electron chi connectivity index (χ1n) is 5.67. The fraction of sp³-hybridized carbons (Fsp3) is 0.545. The highest BCUT2D eigenvalue weighted by Crippen LogP contribution is 2.23. The number of ether oxygens (including phenoxy) is 1. The number of allylic oxidation sites excluding steroid dienone is 1. The van der Waals surface area contributed by atoms with Gasteiger partial charge in [-0.2, -0.15) is 0 Å². The molecule has 2 heterocycles. The standard InChI is InChI=1S/C11H15N3O2S/c1-3-9-8(5-4-6-16-9)10(15)12-11-14-13-7(2)17-11/h3-6H2,1-2H3,(H,12,14,15). The van der Waals surface area contributed by atoms with Crippen molar-refractivity contribution in [3.05, 3.63) is 16.3 Å². The fourth-order valence-corrected chi connectivity index (χ4v) is 2.33. The van der Waals surface area contributed by atoms with Crippen LogP contribution in [0, 0.1) is 6.92 Å². The van der Waals surface area contributed by atoms with Crippen LogP contribution in [0.3, 0.4) is 0 Å². The lowest BCUT2D eigenvalue weighted by molar-refractivity contribution is -0.113. The van der Waals surface area contributed by atoms with Crippen LogP contribution in [-0.2, 0) is 9.53 Å². The van der Waals surface area contributed by atoms with Crippen LogP contribution in [0.1, 0.15) is 31.2 Å². The molecule has 92 valence electrons. The average Bonchev–Trinajstić information content (AvgIpc) is 2.74. The Labute approximate surface area is 104 Å². The lowest BCUT2D eigenvalue weighted by Crippen LogP contribution is -2.20. The molecule has 0 fully saturated rings. The van der Waals surface area contributed by atoms with E-state index >= 15 is 0 Å². The topological polar surface area (TPSA) is 64.1 Å². The minimum atomic E-state index is -0.113. The van der Waals surface area contributed by atoms with E-state index in [1.54, 1.807) is 0 Å². The number of nitrogens with zero attached hydrogens (tertiary/aromatic N) is 2. The second-order valence-corrected chi connectivity index (χ2v) is 4.97. The smallest absolute Gasteiger partial charge is 0.256 e. The summed E-state index contributed by atoms with van der Waals surface area (Å²) < 4.78 is 5.49. The summed E-state index contributed by atoms with van der Waals surface area (Å²) in [6, 6.07) is 0. The first-order valence-corrected chi connectivity index (χ1v) is 6.48. The van der Waals surface area contributed by atoms with Gasteiger partial charge in [-0.1, -0.05) is 18.3 Å². The molecule has 1 amide bonds. The van der Waals surface area contributed by atoms with Gasteiger partial charge >= 0.3 is 0 Å². The van der Waals surface area contributed by atoms with E-state index in [2.05, 4.69) is 15.5 Å². The number of rotatable bonds is 3. The van der Waals surface area contributed by atoms with Gasteiger partial charge in [-0.3, -0.25) is 10.1 Å². The summed E-state index contributed by atoms with van der Waals surface area (Å²) in [5.74, 6) is 0.688. The predicted molar refractivity (Wildman–Crippen MR) is 65.8 cm³/mol. The van der Waals surface area contributed by atoms with Gasteiger partial charge in [0.2, 0.25) is 5.13 Å². The third kappa shape index (κ3) is 2.82. The van der Waals surface area contributed by atoms with E-state index in [-0.39, 0.29) is 5.91 Å². The van der Waals surface area contributed by atoms with E-state index < -0.39 is 0 Å². The number of hydrogen-bond acceptors (Lipinski definition) is 5. The highest BCUT2D eigenvalue weighted by molar-refractivity contribution is 7.15. The third-order valence-electron chi connectivity index (χ3n) is 2.53. The summed E-state index contributed by atoms with van der Waals surface area (Å²) in [7, 11) is 0. The van der Waals surface area contributed by atoms with Crippen LogP contribution in [0.15, 0.2) is 11.3 Å². The van der Waals surface area contributed by atoms with Crippen LogP contribution in [-0.4, -0.2) is 22.7 Å². The van der Waals surface area contributed by atoms with Gasteiger partial charge in [-0.05, 0) is 19.8 Å². The van der Waals surface area contributed by atoms with Crippen molar-refractivity contribution in [1.82, 2.24) is 10.2 Å². The molecular weight excluding hydrogens is 238 g/mol. The van der Waals surface area contributed by atoms with Crippen LogP contribution >= 0.6 is 11.3 Å². The molecule has 1 aliphatic heterocycles. The fourth-order valence-electron chi connectivity index (χ4n) is 1.75. The molecular formula is C11H15N3O2S. The molecule has 17 heavy (non-hydrogen) atoms. The quantitative estimate of drug-likeness (QED) is 0.897. The van der Waals surface area contributed by atoms with E-state index in [9.17, 15) is 4.79 Å². The molecule has 0 bridgehead atoms. The lowest BCUT2D eigenvalue weighted by atomic mass is 10.0. The average molecular weight is 253 g/mol. The Morgan fingerprint density at radius 1 is 1.53 bits per heavy atom. The summed E-state index contributed by atoms with van der Waals surface area (Å²) in [5, 5.41) is 11.9. The molecule has 0 saturated carbocycles. The Morgan fingerprint density at radius 3 is 3.00 bits per heavy atom. The van der Waals surface area contributed by atoms with E-state index in [1.165, 1.54) is 11.3 Å². The maximum atomic E-state index is 12.0. The molecule has 0 aliphatic carbocycles. The Balaban J connectivity index is 2.11. The van der Waals surface area contributed by atoms with E-state index in [0.29, 0.717) is 11.7 Å². The summed E-state index contributed by atoms with van der Waals surface area (Å²) >= 11 is 1.37. The number of carbonyl (C=O) groups is 1. The Hall–Kier alpha value is -1.43. The van der Waals surface area contributed by atoms with Crippen molar-refractivity contribution in [3.63, 3.8) is 0 Å². The Morgan fingerprint density at radius 2 is 2.35 bits per heavy atom.